The zero-order chi connectivity index (χ0) is 16.8. The van der Waals surface area contributed by atoms with Gasteiger partial charge in [-0.3, -0.25) is 4.79 Å². The summed E-state index contributed by atoms with van der Waals surface area (Å²) >= 11 is 0. The Morgan fingerprint density at radius 1 is 1.14 bits per heavy atom. The number of rotatable bonds is 6. The number of ether oxygens (including phenoxy) is 3. The standard InChI is InChI=1S/C17H22O5/c1-17(2,3)15(18)11-22-16(19)9-7-12-6-8-13(20-4)10-14(12)21-5/h6-10H,11H2,1-5H3/b9-7+. The number of hydrogen-bond acceptors (Lipinski definition) is 5. The van der Waals surface area contributed by atoms with Crippen molar-refractivity contribution in [1.82, 2.24) is 0 Å². The first-order valence-corrected chi connectivity index (χ1v) is 6.88. The maximum atomic E-state index is 11.7. The number of Topliss-reactive ketones (excluding diaryl/α,β-unsaturated/α-hetero) is 1. The summed E-state index contributed by atoms with van der Waals surface area (Å²) in [5.41, 5.74) is 0.186. The summed E-state index contributed by atoms with van der Waals surface area (Å²) < 4.78 is 15.3. The van der Waals surface area contributed by atoms with E-state index in [1.54, 1.807) is 52.2 Å². The quantitative estimate of drug-likeness (QED) is 0.597. The Kier molecular flexibility index (Phi) is 6.16. The molecule has 1 aromatic carbocycles. The van der Waals surface area contributed by atoms with E-state index < -0.39 is 11.4 Å². The fourth-order valence-electron chi connectivity index (χ4n) is 1.52. The third-order valence-electron chi connectivity index (χ3n) is 3.02. The molecule has 0 aromatic heterocycles. The summed E-state index contributed by atoms with van der Waals surface area (Å²) in [5, 5.41) is 0. The number of hydrogen-bond donors (Lipinski definition) is 0. The van der Waals surface area contributed by atoms with Gasteiger partial charge in [0.2, 0.25) is 0 Å². The number of ketones is 1. The Morgan fingerprint density at radius 3 is 2.36 bits per heavy atom. The molecule has 0 N–H and O–H groups in total. The summed E-state index contributed by atoms with van der Waals surface area (Å²) in [4.78, 5) is 23.3. The second-order valence-corrected chi connectivity index (χ2v) is 5.72. The van der Waals surface area contributed by atoms with Crippen LogP contribution < -0.4 is 9.47 Å². The van der Waals surface area contributed by atoms with Crippen LogP contribution in [0.25, 0.3) is 6.08 Å². The number of carbonyl (C=O) groups is 2. The highest BCUT2D eigenvalue weighted by Gasteiger charge is 2.21. The molecule has 0 fully saturated rings. The number of methoxy groups -OCH3 is 2. The molecule has 1 rings (SSSR count). The molecule has 0 saturated carbocycles. The van der Waals surface area contributed by atoms with Gasteiger partial charge in [-0.15, -0.1) is 0 Å². The highest BCUT2D eigenvalue weighted by molar-refractivity contribution is 5.91. The van der Waals surface area contributed by atoms with Gasteiger partial charge < -0.3 is 14.2 Å². The van der Waals surface area contributed by atoms with Crippen molar-refractivity contribution in [3.8, 4) is 11.5 Å². The molecule has 120 valence electrons. The molecule has 0 heterocycles. The van der Waals surface area contributed by atoms with E-state index in [1.165, 1.54) is 13.2 Å². The average Bonchev–Trinajstić information content (AvgIpc) is 2.49. The zero-order valence-electron chi connectivity index (χ0n) is 13.6. The van der Waals surface area contributed by atoms with Crippen molar-refractivity contribution in [1.29, 1.82) is 0 Å². The second-order valence-electron chi connectivity index (χ2n) is 5.72. The van der Waals surface area contributed by atoms with E-state index >= 15 is 0 Å². The van der Waals surface area contributed by atoms with Crippen molar-refractivity contribution in [3.05, 3.63) is 29.8 Å². The van der Waals surface area contributed by atoms with Crippen molar-refractivity contribution in [3.63, 3.8) is 0 Å². The third kappa shape index (κ3) is 5.24. The minimum Gasteiger partial charge on any atom is -0.497 e. The van der Waals surface area contributed by atoms with Crippen molar-refractivity contribution in [2.24, 2.45) is 5.41 Å². The Labute approximate surface area is 130 Å². The van der Waals surface area contributed by atoms with Gasteiger partial charge in [0, 0.05) is 23.1 Å². The highest BCUT2D eigenvalue weighted by Crippen LogP contribution is 2.25. The molecule has 0 radical (unpaired) electrons. The van der Waals surface area contributed by atoms with Gasteiger partial charge in [-0.25, -0.2) is 4.79 Å². The maximum absolute atomic E-state index is 11.7. The number of esters is 1. The first kappa shape index (κ1) is 17.8. The van der Waals surface area contributed by atoms with Gasteiger partial charge in [-0.05, 0) is 18.2 Å². The molecule has 0 bridgehead atoms. The van der Waals surface area contributed by atoms with E-state index in [0.29, 0.717) is 17.1 Å². The topological polar surface area (TPSA) is 61.8 Å². The zero-order valence-corrected chi connectivity index (χ0v) is 13.6. The van der Waals surface area contributed by atoms with Crippen LogP contribution in [-0.2, 0) is 14.3 Å². The molecule has 0 amide bonds. The molecule has 0 aliphatic carbocycles. The molecule has 0 unspecified atom stereocenters. The van der Waals surface area contributed by atoms with Crippen LogP contribution in [0.3, 0.4) is 0 Å². The van der Waals surface area contributed by atoms with Crippen molar-refractivity contribution < 1.29 is 23.8 Å². The van der Waals surface area contributed by atoms with Gasteiger partial charge >= 0.3 is 5.97 Å². The lowest BCUT2D eigenvalue weighted by molar-refractivity contribution is -0.145. The summed E-state index contributed by atoms with van der Waals surface area (Å²) in [7, 11) is 3.10. The van der Waals surface area contributed by atoms with Crippen LogP contribution in [-0.4, -0.2) is 32.6 Å². The average molecular weight is 306 g/mol. The lowest BCUT2D eigenvalue weighted by atomic mass is 9.91. The van der Waals surface area contributed by atoms with Crippen LogP contribution in [0.2, 0.25) is 0 Å². The van der Waals surface area contributed by atoms with Gasteiger partial charge in [0.1, 0.15) is 11.5 Å². The normalized spacial score (nSPS) is 11.3. The Hall–Kier alpha value is -2.30. The van der Waals surface area contributed by atoms with Crippen LogP contribution in [0.5, 0.6) is 11.5 Å². The van der Waals surface area contributed by atoms with E-state index in [-0.39, 0.29) is 12.4 Å². The molecule has 0 saturated heterocycles. The third-order valence-corrected chi connectivity index (χ3v) is 3.02. The van der Waals surface area contributed by atoms with Gasteiger partial charge in [0.25, 0.3) is 0 Å². The van der Waals surface area contributed by atoms with E-state index in [2.05, 4.69) is 0 Å². The maximum Gasteiger partial charge on any atom is 0.331 e. The molecule has 5 heteroatoms. The predicted octanol–water partition coefficient (Wildman–Crippen LogP) is 2.88. The van der Waals surface area contributed by atoms with Crippen molar-refractivity contribution in [2.75, 3.05) is 20.8 Å². The summed E-state index contributed by atoms with van der Waals surface area (Å²) in [6.07, 6.45) is 2.84. The fraction of sp³-hybridized carbons (Fsp3) is 0.412. The van der Waals surface area contributed by atoms with E-state index in [1.807, 2.05) is 0 Å². The van der Waals surface area contributed by atoms with Crippen LogP contribution in [0, 0.1) is 5.41 Å². The first-order valence-electron chi connectivity index (χ1n) is 6.88. The lowest BCUT2D eigenvalue weighted by Gasteiger charge is -2.15. The molecular weight excluding hydrogens is 284 g/mol. The predicted molar refractivity (Wildman–Crippen MR) is 84.0 cm³/mol. The van der Waals surface area contributed by atoms with Gasteiger partial charge in [0.15, 0.2) is 12.4 Å². The van der Waals surface area contributed by atoms with E-state index in [4.69, 9.17) is 14.2 Å². The summed E-state index contributed by atoms with van der Waals surface area (Å²) in [5.74, 6) is 0.535. The number of carbonyl (C=O) groups excluding carboxylic acids is 2. The van der Waals surface area contributed by atoms with Crippen LogP contribution in [0.1, 0.15) is 26.3 Å². The van der Waals surface area contributed by atoms with Crippen LogP contribution in [0.4, 0.5) is 0 Å². The number of benzene rings is 1. The Morgan fingerprint density at radius 2 is 1.82 bits per heavy atom. The minimum absolute atomic E-state index is 0.128. The second kappa shape index (κ2) is 7.64. The molecule has 0 aliphatic rings. The largest absolute Gasteiger partial charge is 0.497 e. The first-order chi connectivity index (χ1) is 10.3. The molecule has 1 aromatic rings. The molecule has 0 aliphatic heterocycles. The molecule has 5 nitrogen and oxygen atoms in total. The Bertz CT molecular complexity index is 567. The fourth-order valence-corrected chi connectivity index (χ4v) is 1.52. The molecule has 0 spiro atoms. The van der Waals surface area contributed by atoms with Gasteiger partial charge in [0.05, 0.1) is 14.2 Å². The van der Waals surface area contributed by atoms with Crippen LogP contribution in [0.15, 0.2) is 24.3 Å². The smallest absolute Gasteiger partial charge is 0.331 e. The minimum atomic E-state index is -0.574. The van der Waals surface area contributed by atoms with E-state index in [0.717, 1.165) is 0 Å². The molecule has 0 atom stereocenters. The molecule has 22 heavy (non-hydrogen) atoms. The molecular formula is C17H22O5. The van der Waals surface area contributed by atoms with Gasteiger partial charge in [-0.1, -0.05) is 20.8 Å². The highest BCUT2D eigenvalue weighted by atomic mass is 16.5. The monoisotopic (exact) mass is 306 g/mol. The van der Waals surface area contributed by atoms with Crippen LogP contribution >= 0.6 is 0 Å². The van der Waals surface area contributed by atoms with Crippen molar-refractivity contribution >= 4 is 17.8 Å². The lowest BCUT2D eigenvalue weighted by Crippen LogP contribution is -2.25. The van der Waals surface area contributed by atoms with E-state index in [9.17, 15) is 9.59 Å². The Balaban J connectivity index is 2.68. The SMILES string of the molecule is COc1ccc(/C=C/C(=O)OCC(=O)C(C)(C)C)c(OC)c1. The summed E-state index contributed by atoms with van der Waals surface area (Å²) in [6, 6.07) is 5.24. The van der Waals surface area contributed by atoms with Gasteiger partial charge in [-0.2, -0.15) is 0 Å². The van der Waals surface area contributed by atoms with Crippen molar-refractivity contribution in [2.45, 2.75) is 20.8 Å². The summed E-state index contributed by atoms with van der Waals surface area (Å²) in [6.45, 7) is 5.11.